The van der Waals surface area contributed by atoms with Crippen molar-refractivity contribution < 1.29 is 5.11 Å². The van der Waals surface area contributed by atoms with Gasteiger partial charge >= 0.3 is 0 Å². The Morgan fingerprint density at radius 3 is 2.33 bits per heavy atom. The number of hydrogen-bond acceptors (Lipinski definition) is 1. The topological polar surface area (TPSA) is 20.2 Å². The molecule has 0 aliphatic heterocycles. The normalized spacial score (nSPS) is 13.2. The van der Waals surface area contributed by atoms with Gasteiger partial charge in [0.25, 0.3) is 0 Å². The van der Waals surface area contributed by atoms with E-state index < -0.39 is 0 Å². The van der Waals surface area contributed by atoms with Gasteiger partial charge in [0.05, 0.1) is 0 Å². The minimum atomic E-state index is 0.358. The predicted octanol–water partition coefficient (Wildman–Crippen LogP) is 3.35. The fraction of sp³-hybridized carbons (Fsp3) is 1.00. The van der Waals surface area contributed by atoms with Crippen molar-refractivity contribution in [1.29, 1.82) is 0 Å². The summed E-state index contributed by atoms with van der Waals surface area (Å²) in [6.45, 7) is 2.67. The number of rotatable bonds is 8. The van der Waals surface area contributed by atoms with Crippen LogP contribution >= 0.6 is 15.9 Å². The smallest absolute Gasteiger partial charge is 0.0431 e. The second kappa shape index (κ2) is 9.53. The molecule has 0 amide bonds. The molecule has 74 valence electrons. The maximum Gasteiger partial charge on any atom is 0.0431 e. The van der Waals surface area contributed by atoms with Gasteiger partial charge in [-0.1, -0.05) is 48.5 Å². The summed E-state index contributed by atoms with van der Waals surface area (Å²) in [5.74, 6) is 0.860. The molecule has 0 fully saturated rings. The quantitative estimate of drug-likeness (QED) is 0.507. The average Bonchev–Trinajstić information content (AvgIpc) is 2.05. The SMILES string of the molecule is C[C@H](CCBr)CCCCCCO. The van der Waals surface area contributed by atoms with Crippen molar-refractivity contribution in [3.63, 3.8) is 0 Å². The minimum Gasteiger partial charge on any atom is -0.396 e. The average molecular weight is 237 g/mol. The lowest BCUT2D eigenvalue weighted by molar-refractivity contribution is 0.281. The van der Waals surface area contributed by atoms with Crippen LogP contribution in [0.4, 0.5) is 0 Å². The van der Waals surface area contributed by atoms with Crippen molar-refractivity contribution in [2.45, 2.75) is 45.4 Å². The van der Waals surface area contributed by atoms with Crippen molar-refractivity contribution >= 4 is 15.9 Å². The fourth-order valence-electron chi connectivity index (χ4n) is 1.29. The molecule has 0 rings (SSSR count). The van der Waals surface area contributed by atoms with Crippen LogP contribution in [0.2, 0.25) is 0 Å². The van der Waals surface area contributed by atoms with E-state index in [1.807, 2.05) is 0 Å². The summed E-state index contributed by atoms with van der Waals surface area (Å²) in [6, 6.07) is 0. The second-order valence-electron chi connectivity index (χ2n) is 3.51. The van der Waals surface area contributed by atoms with Gasteiger partial charge in [-0.05, 0) is 18.8 Å². The first-order valence-electron chi connectivity index (χ1n) is 4.98. The molecular weight excluding hydrogens is 216 g/mol. The maximum atomic E-state index is 8.55. The van der Waals surface area contributed by atoms with E-state index in [-0.39, 0.29) is 0 Å². The van der Waals surface area contributed by atoms with Gasteiger partial charge in [0.2, 0.25) is 0 Å². The fourth-order valence-corrected chi connectivity index (χ4v) is 2.07. The van der Waals surface area contributed by atoms with E-state index >= 15 is 0 Å². The summed E-state index contributed by atoms with van der Waals surface area (Å²) in [5.41, 5.74) is 0. The molecule has 2 heteroatoms. The molecule has 0 heterocycles. The molecule has 1 nitrogen and oxygen atoms in total. The summed E-state index contributed by atoms with van der Waals surface area (Å²) in [6.07, 6.45) is 7.42. The van der Waals surface area contributed by atoms with Gasteiger partial charge in [-0.15, -0.1) is 0 Å². The van der Waals surface area contributed by atoms with Crippen LogP contribution in [0.3, 0.4) is 0 Å². The second-order valence-corrected chi connectivity index (χ2v) is 4.30. The minimum absolute atomic E-state index is 0.358. The molecule has 0 saturated heterocycles. The molecule has 0 aromatic carbocycles. The molecule has 0 radical (unpaired) electrons. The van der Waals surface area contributed by atoms with Crippen LogP contribution in [0.15, 0.2) is 0 Å². The first-order chi connectivity index (χ1) is 5.81. The van der Waals surface area contributed by atoms with Crippen molar-refractivity contribution in [3.05, 3.63) is 0 Å². The lowest BCUT2D eigenvalue weighted by Gasteiger charge is -2.08. The highest BCUT2D eigenvalue weighted by atomic mass is 79.9. The Balaban J connectivity index is 2.97. The van der Waals surface area contributed by atoms with Crippen molar-refractivity contribution in [2.75, 3.05) is 11.9 Å². The Labute approximate surface area is 84.7 Å². The van der Waals surface area contributed by atoms with Gasteiger partial charge in [0, 0.05) is 11.9 Å². The van der Waals surface area contributed by atoms with Gasteiger partial charge in [-0.2, -0.15) is 0 Å². The lowest BCUT2D eigenvalue weighted by atomic mass is 10.0. The first kappa shape index (κ1) is 12.4. The Hall–Kier alpha value is 0.440. The number of unbranched alkanes of at least 4 members (excludes halogenated alkanes) is 3. The van der Waals surface area contributed by atoms with Crippen LogP contribution in [0, 0.1) is 5.92 Å². The van der Waals surface area contributed by atoms with Gasteiger partial charge in [-0.25, -0.2) is 0 Å². The number of aliphatic hydroxyl groups excluding tert-OH is 1. The van der Waals surface area contributed by atoms with Crippen molar-refractivity contribution in [2.24, 2.45) is 5.92 Å². The van der Waals surface area contributed by atoms with E-state index in [0.29, 0.717) is 6.61 Å². The Bertz CT molecular complexity index is 85.9. The van der Waals surface area contributed by atoms with Gasteiger partial charge in [0.1, 0.15) is 0 Å². The lowest BCUT2D eigenvalue weighted by Crippen LogP contribution is -1.95. The highest BCUT2D eigenvalue weighted by molar-refractivity contribution is 9.09. The van der Waals surface area contributed by atoms with Crippen molar-refractivity contribution in [3.8, 4) is 0 Å². The summed E-state index contributed by atoms with van der Waals surface area (Å²) < 4.78 is 0. The summed E-state index contributed by atoms with van der Waals surface area (Å²) in [4.78, 5) is 0. The van der Waals surface area contributed by atoms with Crippen LogP contribution in [0.25, 0.3) is 0 Å². The molecule has 0 spiro atoms. The number of alkyl halides is 1. The molecule has 1 atom stereocenters. The molecule has 1 N–H and O–H groups in total. The van der Waals surface area contributed by atoms with Gasteiger partial charge < -0.3 is 5.11 Å². The van der Waals surface area contributed by atoms with Crippen LogP contribution in [0.1, 0.15) is 45.4 Å². The predicted molar refractivity (Wildman–Crippen MR) is 57.7 cm³/mol. The Morgan fingerprint density at radius 2 is 1.75 bits per heavy atom. The van der Waals surface area contributed by atoms with E-state index in [9.17, 15) is 0 Å². The third-order valence-corrected chi connectivity index (χ3v) is 2.66. The zero-order valence-corrected chi connectivity index (χ0v) is 9.65. The van der Waals surface area contributed by atoms with Crippen LogP contribution < -0.4 is 0 Å². The van der Waals surface area contributed by atoms with Crippen molar-refractivity contribution in [1.82, 2.24) is 0 Å². The zero-order valence-electron chi connectivity index (χ0n) is 8.06. The van der Waals surface area contributed by atoms with Crippen LogP contribution in [-0.2, 0) is 0 Å². The highest BCUT2D eigenvalue weighted by Crippen LogP contribution is 2.14. The third-order valence-electron chi connectivity index (χ3n) is 2.21. The van der Waals surface area contributed by atoms with Gasteiger partial charge in [0.15, 0.2) is 0 Å². The zero-order chi connectivity index (χ0) is 9.23. The molecule has 0 saturated carbocycles. The van der Waals surface area contributed by atoms with E-state index in [2.05, 4.69) is 22.9 Å². The van der Waals surface area contributed by atoms with Gasteiger partial charge in [-0.3, -0.25) is 0 Å². The summed E-state index contributed by atoms with van der Waals surface area (Å²) in [5, 5.41) is 9.68. The third kappa shape index (κ3) is 8.54. The molecule has 0 aliphatic rings. The molecule has 0 aromatic heterocycles. The van der Waals surface area contributed by atoms with E-state index in [1.165, 1.54) is 32.1 Å². The molecular formula is C10H21BrO. The molecule has 0 unspecified atom stereocenters. The maximum absolute atomic E-state index is 8.55. The molecule has 12 heavy (non-hydrogen) atoms. The Kier molecular flexibility index (Phi) is 9.88. The van der Waals surface area contributed by atoms with E-state index in [0.717, 1.165) is 17.7 Å². The van der Waals surface area contributed by atoms with Crippen LogP contribution in [-0.4, -0.2) is 17.0 Å². The number of hydrogen-bond donors (Lipinski definition) is 1. The highest BCUT2D eigenvalue weighted by Gasteiger charge is 1.99. The Morgan fingerprint density at radius 1 is 1.08 bits per heavy atom. The van der Waals surface area contributed by atoms with E-state index in [4.69, 9.17) is 5.11 Å². The summed E-state index contributed by atoms with van der Waals surface area (Å²) in [7, 11) is 0. The van der Waals surface area contributed by atoms with Crippen LogP contribution in [0.5, 0.6) is 0 Å². The summed E-state index contributed by atoms with van der Waals surface area (Å²) >= 11 is 3.45. The molecule has 0 aromatic rings. The monoisotopic (exact) mass is 236 g/mol. The molecule has 0 aliphatic carbocycles. The molecule has 0 bridgehead atoms. The first-order valence-corrected chi connectivity index (χ1v) is 6.10. The number of halogens is 1. The largest absolute Gasteiger partial charge is 0.396 e. The standard InChI is InChI=1S/C10H21BrO/c1-10(7-8-11)6-4-2-3-5-9-12/h10,12H,2-9H2,1H3/t10-/m0/s1. The van der Waals surface area contributed by atoms with E-state index in [1.54, 1.807) is 0 Å². The number of aliphatic hydroxyl groups is 1.